The quantitative estimate of drug-likeness (QED) is 0.461. The van der Waals surface area contributed by atoms with Crippen LogP contribution in [0, 0.1) is 0 Å². The lowest BCUT2D eigenvalue weighted by Gasteiger charge is -2.12. The molecule has 0 rings (SSSR count). The monoisotopic (exact) mass is 131 g/mol. The van der Waals surface area contributed by atoms with E-state index in [0.29, 0.717) is 19.1 Å². The van der Waals surface area contributed by atoms with Gasteiger partial charge < -0.3 is 16.8 Å². The Hall–Kier alpha value is -0.120. The average Bonchev–Trinajstić information content (AvgIpc) is 1.91. The van der Waals surface area contributed by atoms with Crippen molar-refractivity contribution in [3.05, 3.63) is 0 Å². The van der Waals surface area contributed by atoms with Gasteiger partial charge in [-0.25, -0.2) is 0 Å². The summed E-state index contributed by atoms with van der Waals surface area (Å²) in [6.45, 7) is 4.41. The van der Waals surface area contributed by atoms with Crippen LogP contribution in [0.25, 0.3) is 0 Å². The molecule has 0 fully saturated rings. The number of rotatable bonds is 5. The van der Waals surface area contributed by atoms with Crippen LogP contribution >= 0.6 is 0 Å². The van der Waals surface area contributed by atoms with Gasteiger partial charge in [0.2, 0.25) is 0 Å². The smallest absolute Gasteiger partial charge is 0.0313 e. The molecule has 0 aromatic carbocycles. The predicted molar refractivity (Wildman–Crippen MR) is 40.2 cm³/mol. The summed E-state index contributed by atoms with van der Waals surface area (Å²) in [4.78, 5) is 0. The first-order valence-corrected chi connectivity index (χ1v) is 3.48. The van der Waals surface area contributed by atoms with Gasteiger partial charge in [0.05, 0.1) is 0 Å². The van der Waals surface area contributed by atoms with Crippen molar-refractivity contribution in [1.82, 2.24) is 5.32 Å². The molecule has 0 radical (unpaired) electrons. The maximum absolute atomic E-state index is 5.38. The first-order valence-electron chi connectivity index (χ1n) is 3.48. The molecule has 3 nitrogen and oxygen atoms in total. The van der Waals surface area contributed by atoms with Crippen LogP contribution in [0.4, 0.5) is 0 Å². The molecule has 5 N–H and O–H groups in total. The second-order valence-electron chi connectivity index (χ2n) is 2.12. The van der Waals surface area contributed by atoms with Crippen molar-refractivity contribution in [2.75, 3.05) is 19.6 Å². The first kappa shape index (κ1) is 8.88. The van der Waals surface area contributed by atoms with Crippen molar-refractivity contribution in [3.63, 3.8) is 0 Å². The zero-order chi connectivity index (χ0) is 7.11. The summed E-state index contributed by atoms with van der Waals surface area (Å²) >= 11 is 0. The van der Waals surface area contributed by atoms with Crippen LogP contribution in [0.2, 0.25) is 0 Å². The van der Waals surface area contributed by atoms with Crippen LogP contribution in [0.3, 0.4) is 0 Å². The molecule has 0 aliphatic rings. The molecule has 0 bridgehead atoms. The Balaban J connectivity index is 3.09. The van der Waals surface area contributed by atoms with E-state index in [1.165, 1.54) is 0 Å². The molecule has 0 unspecified atom stereocenters. The van der Waals surface area contributed by atoms with Gasteiger partial charge in [0, 0.05) is 19.1 Å². The SMILES string of the molecule is CCCNC(CN)CN. The van der Waals surface area contributed by atoms with Crippen molar-refractivity contribution < 1.29 is 0 Å². The van der Waals surface area contributed by atoms with Gasteiger partial charge in [-0.15, -0.1) is 0 Å². The molecular formula is C6H17N3. The molecule has 0 amide bonds. The minimum atomic E-state index is 0.310. The van der Waals surface area contributed by atoms with Crippen LogP contribution < -0.4 is 16.8 Å². The maximum atomic E-state index is 5.38. The molecule has 0 spiro atoms. The molecule has 0 heterocycles. The second kappa shape index (κ2) is 6.01. The second-order valence-corrected chi connectivity index (χ2v) is 2.12. The average molecular weight is 131 g/mol. The number of nitrogens with one attached hydrogen (secondary N) is 1. The van der Waals surface area contributed by atoms with Crippen molar-refractivity contribution in [2.45, 2.75) is 19.4 Å². The fraction of sp³-hybridized carbons (Fsp3) is 1.00. The summed E-state index contributed by atoms with van der Waals surface area (Å²) in [6, 6.07) is 0.310. The van der Waals surface area contributed by atoms with Crippen molar-refractivity contribution in [2.24, 2.45) is 11.5 Å². The third-order valence-electron chi connectivity index (χ3n) is 1.25. The van der Waals surface area contributed by atoms with Crippen LogP contribution in [0.15, 0.2) is 0 Å². The Bertz CT molecular complexity index is 52.3. The molecule has 3 heteroatoms. The third-order valence-corrected chi connectivity index (χ3v) is 1.25. The standard InChI is InChI=1S/C6H17N3/c1-2-3-9-6(4-7)5-8/h6,9H,2-5,7-8H2,1H3. The van der Waals surface area contributed by atoms with Crippen LogP contribution in [0.5, 0.6) is 0 Å². The molecule has 9 heavy (non-hydrogen) atoms. The van der Waals surface area contributed by atoms with E-state index in [9.17, 15) is 0 Å². The fourth-order valence-corrected chi connectivity index (χ4v) is 0.611. The van der Waals surface area contributed by atoms with E-state index in [0.717, 1.165) is 13.0 Å². The molecule has 0 atom stereocenters. The van der Waals surface area contributed by atoms with Gasteiger partial charge in [-0.1, -0.05) is 6.92 Å². The predicted octanol–water partition coefficient (Wildman–Crippen LogP) is -0.728. The van der Waals surface area contributed by atoms with E-state index >= 15 is 0 Å². The molecular weight excluding hydrogens is 114 g/mol. The van der Waals surface area contributed by atoms with Gasteiger partial charge in [-0.2, -0.15) is 0 Å². The van der Waals surface area contributed by atoms with Crippen molar-refractivity contribution >= 4 is 0 Å². The van der Waals surface area contributed by atoms with E-state index in [-0.39, 0.29) is 0 Å². The minimum absolute atomic E-state index is 0.310. The maximum Gasteiger partial charge on any atom is 0.0313 e. The molecule has 0 aliphatic heterocycles. The first-order chi connectivity index (χ1) is 4.35. The minimum Gasteiger partial charge on any atom is -0.329 e. The van der Waals surface area contributed by atoms with E-state index in [4.69, 9.17) is 11.5 Å². The van der Waals surface area contributed by atoms with Gasteiger partial charge in [-0.05, 0) is 13.0 Å². The topological polar surface area (TPSA) is 64.1 Å². The Morgan fingerprint density at radius 2 is 1.89 bits per heavy atom. The highest BCUT2D eigenvalue weighted by Gasteiger charge is 1.98. The number of nitrogens with two attached hydrogens (primary N) is 2. The highest BCUT2D eigenvalue weighted by molar-refractivity contribution is 4.66. The van der Waals surface area contributed by atoms with Gasteiger partial charge in [0.25, 0.3) is 0 Å². The summed E-state index contributed by atoms with van der Waals surface area (Å²) in [5.74, 6) is 0. The molecule has 0 aromatic rings. The number of hydrogen-bond donors (Lipinski definition) is 3. The third kappa shape index (κ3) is 4.39. The van der Waals surface area contributed by atoms with E-state index in [1.54, 1.807) is 0 Å². The van der Waals surface area contributed by atoms with E-state index in [1.807, 2.05) is 0 Å². The van der Waals surface area contributed by atoms with Crippen LogP contribution in [0.1, 0.15) is 13.3 Å². The Morgan fingerprint density at radius 1 is 1.33 bits per heavy atom. The van der Waals surface area contributed by atoms with Crippen LogP contribution in [-0.4, -0.2) is 25.7 Å². The van der Waals surface area contributed by atoms with Crippen LogP contribution in [-0.2, 0) is 0 Å². The summed E-state index contributed by atoms with van der Waals surface area (Å²) in [7, 11) is 0. The Kier molecular flexibility index (Phi) is 5.93. The molecule has 0 aromatic heterocycles. The van der Waals surface area contributed by atoms with E-state index < -0.39 is 0 Å². The normalized spacial score (nSPS) is 10.7. The highest BCUT2D eigenvalue weighted by Crippen LogP contribution is 1.76. The summed E-state index contributed by atoms with van der Waals surface area (Å²) in [6.07, 6.45) is 1.14. The fourth-order valence-electron chi connectivity index (χ4n) is 0.611. The Labute approximate surface area is 56.8 Å². The zero-order valence-corrected chi connectivity index (χ0v) is 6.06. The lowest BCUT2D eigenvalue weighted by molar-refractivity contribution is 0.525. The van der Waals surface area contributed by atoms with Gasteiger partial charge in [-0.3, -0.25) is 0 Å². The molecule has 0 saturated carbocycles. The van der Waals surface area contributed by atoms with Gasteiger partial charge in [0.15, 0.2) is 0 Å². The Morgan fingerprint density at radius 3 is 2.22 bits per heavy atom. The summed E-state index contributed by atoms with van der Waals surface area (Å²) < 4.78 is 0. The number of hydrogen-bond acceptors (Lipinski definition) is 3. The summed E-state index contributed by atoms with van der Waals surface area (Å²) in [5, 5.41) is 3.22. The van der Waals surface area contributed by atoms with Gasteiger partial charge >= 0.3 is 0 Å². The highest BCUT2D eigenvalue weighted by atomic mass is 14.9. The molecule has 0 saturated heterocycles. The van der Waals surface area contributed by atoms with E-state index in [2.05, 4.69) is 12.2 Å². The van der Waals surface area contributed by atoms with Crippen molar-refractivity contribution in [3.8, 4) is 0 Å². The summed E-state index contributed by atoms with van der Waals surface area (Å²) in [5.41, 5.74) is 10.8. The van der Waals surface area contributed by atoms with Crippen molar-refractivity contribution in [1.29, 1.82) is 0 Å². The molecule has 0 aliphatic carbocycles. The lowest BCUT2D eigenvalue weighted by Crippen LogP contribution is -2.42. The largest absolute Gasteiger partial charge is 0.329 e. The zero-order valence-electron chi connectivity index (χ0n) is 6.06. The molecule has 56 valence electrons. The van der Waals surface area contributed by atoms with Gasteiger partial charge in [0.1, 0.15) is 0 Å². The lowest BCUT2D eigenvalue weighted by atomic mass is 10.3.